The van der Waals surface area contributed by atoms with Crippen molar-refractivity contribution in [3.8, 4) is 0 Å². The van der Waals surface area contributed by atoms with E-state index in [1.54, 1.807) is 6.20 Å². The largest absolute Gasteiger partial charge is 0.351 e. The highest BCUT2D eigenvalue weighted by Crippen LogP contribution is 2.33. The van der Waals surface area contributed by atoms with Crippen molar-refractivity contribution in [2.24, 2.45) is 5.92 Å². The Labute approximate surface area is 126 Å². The van der Waals surface area contributed by atoms with Crippen LogP contribution in [0.15, 0.2) is 12.3 Å². The van der Waals surface area contributed by atoms with Crippen molar-refractivity contribution in [1.82, 2.24) is 10.3 Å². The van der Waals surface area contributed by atoms with Gasteiger partial charge in [0, 0.05) is 36.9 Å². The van der Waals surface area contributed by atoms with Gasteiger partial charge in [0.25, 0.3) is 0 Å². The fourth-order valence-corrected chi connectivity index (χ4v) is 2.59. The summed E-state index contributed by atoms with van der Waals surface area (Å²) < 4.78 is 14.8. The van der Waals surface area contributed by atoms with Crippen molar-refractivity contribution in [3.05, 3.63) is 23.6 Å². The number of nitrogens with one attached hydrogen (secondary N) is 1. The Morgan fingerprint density at radius 2 is 2.10 bits per heavy atom. The molecule has 0 radical (unpaired) electrons. The molecule has 2 saturated carbocycles. The summed E-state index contributed by atoms with van der Waals surface area (Å²) in [4.78, 5) is 6.53. The molecular weight excluding hydrogens is 265 g/mol. The zero-order valence-corrected chi connectivity index (χ0v) is 13.1. The molecule has 0 spiro atoms. The monoisotopic (exact) mass is 291 g/mol. The molecular formula is C17H26FN3. The van der Waals surface area contributed by atoms with Crippen molar-refractivity contribution >= 4 is 5.82 Å². The van der Waals surface area contributed by atoms with Gasteiger partial charge in [-0.25, -0.2) is 9.37 Å². The van der Waals surface area contributed by atoms with Crippen LogP contribution >= 0.6 is 0 Å². The summed E-state index contributed by atoms with van der Waals surface area (Å²) in [5.41, 5.74) is 0.752. The van der Waals surface area contributed by atoms with Crippen LogP contribution < -0.4 is 10.2 Å². The molecule has 116 valence electrons. The van der Waals surface area contributed by atoms with Crippen LogP contribution in [0, 0.1) is 11.7 Å². The van der Waals surface area contributed by atoms with E-state index in [0.29, 0.717) is 30.4 Å². The Hall–Kier alpha value is -1.16. The molecule has 0 bridgehead atoms. The highest BCUT2D eigenvalue weighted by atomic mass is 19.1. The molecule has 4 heteroatoms. The predicted molar refractivity (Wildman–Crippen MR) is 83.9 cm³/mol. The van der Waals surface area contributed by atoms with Crippen molar-refractivity contribution in [3.63, 3.8) is 0 Å². The number of anilines is 1. The van der Waals surface area contributed by atoms with E-state index >= 15 is 0 Å². The average molecular weight is 291 g/mol. The SMILES string of the molecule is CC(C)CCN(c1nccc(CNC2CC2)c1F)C1CC1. The summed E-state index contributed by atoms with van der Waals surface area (Å²) in [6, 6.07) is 2.90. The maximum absolute atomic E-state index is 14.8. The van der Waals surface area contributed by atoms with Crippen LogP contribution in [0.3, 0.4) is 0 Å². The molecule has 0 aliphatic heterocycles. The molecule has 0 unspecified atom stereocenters. The summed E-state index contributed by atoms with van der Waals surface area (Å²) in [6.45, 7) is 5.95. The van der Waals surface area contributed by atoms with Gasteiger partial charge in [-0.2, -0.15) is 0 Å². The minimum absolute atomic E-state index is 0.124. The van der Waals surface area contributed by atoms with Crippen molar-refractivity contribution in [2.45, 2.75) is 64.6 Å². The fourth-order valence-electron chi connectivity index (χ4n) is 2.59. The Kier molecular flexibility index (Phi) is 4.43. The molecule has 2 aliphatic carbocycles. The summed E-state index contributed by atoms with van der Waals surface area (Å²) >= 11 is 0. The summed E-state index contributed by atoms with van der Waals surface area (Å²) in [5.74, 6) is 1.07. The summed E-state index contributed by atoms with van der Waals surface area (Å²) in [6.07, 6.45) is 7.63. The third kappa shape index (κ3) is 3.94. The Balaban J connectivity index is 1.72. The summed E-state index contributed by atoms with van der Waals surface area (Å²) in [7, 11) is 0. The van der Waals surface area contributed by atoms with E-state index in [1.807, 2.05) is 6.07 Å². The molecule has 3 rings (SSSR count). The van der Waals surface area contributed by atoms with Gasteiger partial charge in [0.1, 0.15) is 0 Å². The second-order valence-corrected chi connectivity index (χ2v) is 6.87. The molecule has 2 aliphatic rings. The Morgan fingerprint density at radius 1 is 1.33 bits per heavy atom. The lowest BCUT2D eigenvalue weighted by Gasteiger charge is -2.25. The average Bonchev–Trinajstić information content (AvgIpc) is 3.33. The van der Waals surface area contributed by atoms with E-state index in [0.717, 1.165) is 18.5 Å². The molecule has 1 N–H and O–H groups in total. The minimum Gasteiger partial charge on any atom is -0.351 e. The van der Waals surface area contributed by atoms with Crippen LogP contribution in [0.25, 0.3) is 0 Å². The maximum Gasteiger partial charge on any atom is 0.170 e. The lowest BCUT2D eigenvalue weighted by atomic mass is 10.1. The van der Waals surface area contributed by atoms with Crippen LogP contribution in [0.2, 0.25) is 0 Å². The third-order valence-corrected chi connectivity index (χ3v) is 4.32. The Morgan fingerprint density at radius 3 is 2.71 bits per heavy atom. The third-order valence-electron chi connectivity index (χ3n) is 4.32. The zero-order chi connectivity index (χ0) is 14.8. The molecule has 3 nitrogen and oxygen atoms in total. The molecule has 0 saturated heterocycles. The van der Waals surface area contributed by atoms with Gasteiger partial charge in [0.05, 0.1) is 0 Å². The Bertz CT molecular complexity index is 481. The van der Waals surface area contributed by atoms with Crippen molar-refractivity contribution in [1.29, 1.82) is 0 Å². The predicted octanol–water partition coefficient (Wildman–Crippen LogP) is 3.49. The van der Waals surface area contributed by atoms with Gasteiger partial charge in [-0.05, 0) is 44.1 Å². The van der Waals surface area contributed by atoms with E-state index in [1.165, 1.54) is 25.7 Å². The van der Waals surface area contributed by atoms with Gasteiger partial charge in [-0.3, -0.25) is 0 Å². The second-order valence-electron chi connectivity index (χ2n) is 6.87. The zero-order valence-electron chi connectivity index (χ0n) is 13.1. The number of aromatic nitrogens is 1. The molecule has 0 amide bonds. The number of rotatable bonds is 8. The van der Waals surface area contributed by atoms with Gasteiger partial charge in [-0.15, -0.1) is 0 Å². The van der Waals surface area contributed by atoms with E-state index in [2.05, 4.69) is 29.0 Å². The van der Waals surface area contributed by atoms with E-state index in [4.69, 9.17) is 0 Å². The van der Waals surface area contributed by atoms with Crippen LogP contribution in [-0.2, 0) is 6.54 Å². The first kappa shape index (κ1) is 14.8. The lowest BCUT2D eigenvalue weighted by molar-refractivity contribution is 0.544. The van der Waals surface area contributed by atoms with Crippen molar-refractivity contribution < 1.29 is 4.39 Å². The highest BCUT2D eigenvalue weighted by Gasteiger charge is 2.32. The van der Waals surface area contributed by atoms with Crippen LogP contribution in [0.1, 0.15) is 51.5 Å². The van der Waals surface area contributed by atoms with Gasteiger partial charge >= 0.3 is 0 Å². The van der Waals surface area contributed by atoms with Gasteiger partial charge in [-0.1, -0.05) is 13.8 Å². The first-order valence-electron chi connectivity index (χ1n) is 8.28. The molecule has 21 heavy (non-hydrogen) atoms. The highest BCUT2D eigenvalue weighted by molar-refractivity contribution is 5.45. The molecule has 1 heterocycles. The van der Waals surface area contributed by atoms with Gasteiger partial charge in [0.15, 0.2) is 11.6 Å². The van der Waals surface area contributed by atoms with Crippen LogP contribution in [-0.4, -0.2) is 23.6 Å². The maximum atomic E-state index is 14.8. The molecule has 1 aromatic heterocycles. The van der Waals surface area contributed by atoms with E-state index in [9.17, 15) is 4.39 Å². The second kappa shape index (κ2) is 6.30. The number of pyridine rings is 1. The normalized spacial score (nSPS) is 18.3. The molecule has 0 aromatic carbocycles. The van der Waals surface area contributed by atoms with Crippen LogP contribution in [0.5, 0.6) is 0 Å². The first-order valence-corrected chi connectivity index (χ1v) is 8.28. The topological polar surface area (TPSA) is 28.2 Å². The first-order chi connectivity index (χ1) is 10.1. The smallest absolute Gasteiger partial charge is 0.170 e. The van der Waals surface area contributed by atoms with Gasteiger partial charge < -0.3 is 10.2 Å². The molecule has 1 aromatic rings. The summed E-state index contributed by atoms with van der Waals surface area (Å²) in [5, 5.41) is 3.39. The van der Waals surface area contributed by atoms with Crippen molar-refractivity contribution in [2.75, 3.05) is 11.4 Å². The van der Waals surface area contributed by atoms with Gasteiger partial charge in [0.2, 0.25) is 0 Å². The number of hydrogen-bond acceptors (Lipinski definition) is 3. The standard InChI is InChI=1S/C17H26FN3/c1-12(2)8-10-21(15-5-6-15)17-16(18)13(7-9-19-17)11-20-14-3-4-14/h7,9,12,14-15,20H,3-6,8,10-11H2,1-2H3. The molecule has 0 atom stereocenters. The number of nitrogens with zero attached hydrogens (tertiary/aromatic N) is 2. The van der Waals surface area contributed by atoms with E-state index < -0.39 is 0 Å². The quantitative estimate of drug-likeness (QED) is 0.794. The van der Waals surface area contributed by atoms with Crippen LogP contribution in [0.4, 0.5) is 10.2 Å². The molecule has 2 fully saturated rings. The lowest BCUT2D eigenvalue weighted by Crippen LogP contribution is -2.30. The van der Waals surface area contributed by atoms with E-state index in [-0.39, 0.29) is 5.82 Å². The number of halogens is 1. The number of hydrogen-bond donors (Lipinski definition) is 1. The minimum atomic E-state index is -0.124. The fraction of sp³-hybridized carbons (Fsp3) is 0.706.